The molecule has 3 aromatic rings. The van der Waals surface area contributed by atoms with Gasteiger partial charge in [0.2, 0.25) is 0 Å². The number of hydrogen-bond acceptors (Lipinski definition) is 1. The smallest absolute Gasteiger partial charge is 0.00506 e. The van der Waals surface area contributed by atoms with Crippen molar-refractivity contribution in [1.82, 2.24) is 0 Å². The monoisotopic (exact) mass is 454 g/mol. The van der Waals surface area contributed by atoms with Gasteiger partial charge in [-0.1, -0.05) is 115 Å². The number of carbonyl (C=O) groups excluding carboxylic acids is 1. The summed E-state index contributed by atoms with van der Waals surface area (Å²) < 4.78 is 7.50. The first-order valence-electron chi connectivity index (χ1n) is 8.98. The third kappa shape index (κ3) is 10.3. The van der Waals surface area contributed by atoms with Gasteiger partial charge in [0.15, 0.2) is 0 Å². The Labute approximate surface area is 191 Å². The molecule has 4 heteroatoms. The van der Waals surface area contributed by atoms with Gasteiger partial charge in [-0.2, -0.15) is 6.92 Å². The van der Waals surface area contributed by atoms with Crippen LogP contribution in [0.4, 0.5) is 0 Å². The number of benzene rings is 3. The van der Waals surface area contributed by atoms with E-state index in [1.54, 1.807) is 0 Å². The number of allylic oxidation sites excluding steroid dienone is 4. The van der Waals surface area contributed by atoms with Gasteiger partial charge >= 0.3 is 11.3 Å². The van der Waals surface area contributed by atoms with E-state index in [1.165, 1.54) is 29.1 Å². The summed E-state index contributed by atoms with van der Waals surface area (Å²) in [6.45, 7) is 5.82. The molecule has 0 amide bonds. The standard InChI is InChI=1S/C18H15P.C5H5.C2H3O.CO.Fe/c1-4-10-16(11-5-1)19(17-12-6-2-7-13-17)18-14-8-3-9-15-18;1-2-4-5-3-1;1-2-3;1-2;/h1-15H;1-5H;1H3;;/q;;-1;;. The zero-order valence-corrected chi connectivity index (χ0v) is 18.7. The molecule has 1 radical (unpaired) electrons. The molecule has 4 rings (SSSR count). The fraction of sp³-hybridized carbons (Fsp3) is 0.0385. The van der Waals surface area contributed by atoms with E-state index in [1.807, 2.05) is 30.7 Å². The summed E-state index contributed by atoms with van der Waals surface area (Å²) in [5.41, 5.74) is 0. The minimum absolute atomic E-state index is 0. The molecule has 0 heterocycles. The first-order valence-corrected chi connectivity index (χ1v) is 10.3. The van der Waals surface area contributed by atoms with Crippen molar-refractivity contribution in [3.8, 4) is 0 Å². The molecule has 0 saturated heterocycles. The fourth-order valence-corrected chi connectivity index (χ4v) is 4.80. The van der Waals surface area contributed by atoms with Gasteiger partial charge in [-0.25, -0.2) is 0 Å². The van der Waals surface area contributed by atoms with Crippen molar-refractivity contribution in [2.45, 2.75) is 6.92 Å². The van der Waals surface area contributed by atoms with Crippen molar-refractivity contribution in [1.29, 1.82) is 0 Å². The molecule has 1 aliphatic carbocycles. The van der Waals surface area contributed by atoms with Crippen LogP contribution in [0.3, 0.4) is 0 Å². The Hall–Kier alpha value is -2.50. The second-order valence-electron chi connectivity index (χ2n) is 5.51. The van der Waals surface area contributed by atoms with Crippen LogP contribution in [0.25, 0.3) is 0 Å². The van der Waals surface area contributed by atoms with Gasteiger partial charge in [-0.3, -0.25) is 6.29 Å². The Bertz CT molecular complexity index is 772. The molecule has 0 aromatic heterocycles. The van der Waals surface area contributed by atoms with Gasteiger partial charge in [-0.15, -0.1) is 0 Å². The van der Waals surface area contributed by atoms with Gasteiger partial charge in [0.25, 0.3) is 0 Å². The Morgan fingerprint density at radius 3 is 1.10 bits per heavy atom. The molecule has 1 aliphatic rings. The van der Waals surface area contributed by atoms with Crippen molar-refractivity contribution in [2.24, 2.45) is 0 Å². The van der Waals surface area contributed by atoms with Gasteiger partial charge in [0.1, 0.15) is 0 Å². The minimum Gasteiger partial charge on any atom is -0.0767 e. The molecule has 0 spiro atoms. The van der Waals surface area contributed by atoms with Crippen LogP contribution >= 0.6 is 7.92 Å². The zero-order chi connectivity index (χ0) is 21.2. The normalized spacial score (nSPS) is 10.1. The first kappa shape index (κ1) is 27.5. The van der Waals surface area contributed by atoms with Crippen LogP contribution in [-0.2, 0) is 26.5 Å². The second-order valence-corrected chi connectivity index (χ2v) is 7.73. The van der Waals surface area contributed by atoms with Crippen LogP contribution in [0.15, 0.2) is 115 Å². The number of hydrogen-bond donors (Lipinski definition) is 0. The van der Waals surface area contributed by atoms with E-state index in [2.05, 4.69) is 97.6 Å². The molecule has 2 nitrogen and oxygen atoms in total. The number of rotatable bonds is 3. The summed E-state index contributed by atoms with van der Waals surface area (Å²) >= 11 is 0. The predicted molar refractivity (Wildman–Crippen MR) is 123 cm³/mol. The third-order valence-corrected chi connectivity index (χ3v) is 6.04. The first-order chi connectivity index (χ1) is 14.4. The van der Waals surface area contributed by atoms with E-state index in [9.17, 15) is 0 Å². The predicted octanol–water partition coefficient (Wildman–Crippen LogP) is 4.84. The SMILES string of the molecule is C[C-]=O.[C-]#[O+].[CH]1C=CC=C1.[Fe].c1ccc(P(c2ccccc2)c2ccccc2)cc1. The summed E-state index contributed by atoms with van der Waals surface area (Å²) in [6, 6.07) is 32.3. The molecular formula is C26H23FeO2P-. The fourth-order valence-electron chi connectivity index (χ4n) is 2.50. The summed E-state index contributed by atoms with van der Waals surface area (Å²) in [4.78, 5) is 8.68. The van der Waals surface area contributed by atoms with Crippen molar-refractivity contribution >= 4 is 30.1 Å². The van der Waals surface area contributed by atoms with Crippen LogP contribution in [0.1, 0.15) is 6.92 Å². The Morgan fingerprint density at radius 1 is 0.633 bits per heavy atom. The van der Waals surface area contributed by atoms with E-state index < -0.39 is 7.92 Å². The summed E-state index contributed by atoms with van der Waals surface area (Å²) in [7, 11) is -0.446. The van der Waals surface area contributed by atoms with Gasteiger partial charge in [-0.05, 0) is 23.8 Å². The summed E-state index contributed by atoms with van der Waals surface area (Å²) in [6.07, 6.45) is 11.5. The van der Waals surface area contributed by atoms with E-state index in [0.29, 0.717) is 0 Å². The van der Waals surface area contributed by atoms with Crippen LogP contribution in [-0.4, -0.2) is 6.29 Å². The molecule has 30 heavy (non-hydrogen) atoms. The van der Waals surface area contributed by atoms with Crippen molar-refractivity contribution in [3.63, 3.8) is 0 Å². The van der Waals surface area contributed by atoms with E-state index in [4.69, 9.17) is 9.45 Å². The Morgan fingerprint density at radius 2 is 0.900 bits per heavy atom. The molecule has 0 fully saturated rings. The minimum atomic E-state index is -0.446. The van der Waals surface area contributed by atoms with Gasteiger partial charge in [0.05, 0.1) is 0 Å². The van der Waals surface area contributed by atoms with E-state index in [-0.39, 0.29) is 17.1 Å². The molecule has 0 N–H and O–H groups in total. The average Bonchev–Trinajstić information content (AvgIpc) is 3.39. The molecule has 3 aromatic carbocycles. The maximum absolute atomic E-state index is 8.68. The van der Waals surface area contributed by atoms with Crippen LogP contribution in [0.5, 0.6) is 0 Å². The van der Waals surface area contributed by atoms with Crippen molar-refractivity contribution in [3.05, 3.63) is 128 Å². The second kappa shape index (κ2) is 18.5. The van der Waals surface area contributed by atoms with Gasteiger partial charge < -0.3 is 4.79 Å². The maximum atomic E-state index is 8.68. The quantitative estimate of drug-likeness (QED) is 0.242. The average molecular weight is 454 g/mol. The Balaban J connectivity index is 0.000000643. The van der Waals surface area contributed by atoms with Crippen molar-refractivity contribution in [2.75, 3.05) is 0 Å². The van der Waals surface area contributed by atoms with Crippen LogP contribution in [0, 0.1) is 13.1 Å². The third-order valence-electron chi connectivity index (χ3n) is 3.60. The van der Waals surface area contributed by atoms with E-state index >= 15 is 0 Å². The van der Waals surface area contributed by atoms with Crippen LogP contribution < -0.4 is 15.9 Å². The largest absolute Gasteiger partial charge is 0.0767 e. The Kier molecular flexibility index (Phi) is 17.0. The molecule has 153 valence electrons. The molecule has 0 unspecified atom stereocenters. The summed E-state index contributed by atoms with van der Waals surface area (Å²) in [5, 5.41) is 4.19. The molecular weight excluding hydrogens is 431 g/mol. The van der Waals surface area contributed by atoms with E-state index in [0.717, 1.165) is 0 Å². The van der Waals surface area contributed by atoms with Crippen molar-refractivity contribution < 1.29 is 26.5 Å². The topological polar surface area (TPSA) is 37.0 Å². The van der Waals surface area contributed by atoms with Gasteiger partial charge in [0, 0.05) is 23.5 Å². The molecule has 0 atom stereocenters. The maximum Gasteiger partial charge on any atom is 0.00506 e. The molecule has 0 bridgehead atoms. The van der Waals surface area contributed by atoms with Crippen LogP contribution in [0.2, 0.25) is 0 Å². The molecule has 0 saturated carbocycles. The zero-order valence-electron chi connectivity index (χ0n) is 16.7. The summed E-state index contributed by atoms with van der Waals surface area (Å²) in [5.74, 6) is 0. The molecule has 0 aliphatic heterocycles.